The van der Waals surface area contributed by atoms with Gasteiger partial charge in [0.15, 0.2) is 18.5 Å². The highest BCUT2D eigenvalue weighted by molar-refractivity contribution is 5.90. The fourth-order valence-corrected chi connectivity index (χ4v) is 4.07. The van der Waals surface area contributed by atoms with Crippen LogP contribution in [0.4, 0.5) is 0 Å². The van der Waals surface area contributed by atoms with E-state index in [-0.39, 0.29) is 12.2 Å². The first-order valence-electron chi connectivity index (χ1n) is 12.0. The summed E-state index contributed by atoms with van der Waals surface area (Å²) in [6.45, 7) is -0.309. The van der Waals surface area contributed by atoms with E-state index in [0.29, 0.717) is 11.1 Å². The Labute approximate surface area is 220 Å². The van der Waals surface area contributed by atoms with Crippen LogP contribution in [0.3, 0.4) is 0 Å². The van der Waals surface area contributed by atoms with Crippen LogP contribution in [0.2, 0.25) is 0 Å². The molecular formula is C29H28O9. The van der Waals surface area contributed by atoms with Crippen LogP contribution in [0.5, 0.6) is 0 Å². The van der Waals surface area contributed by atoms with Crippen molar-refractivity contribution in [2.75, 3.05) is 20.8 Å². The second-order valence-corrected chi connectivity index (χ2v) is 8.42. The average Bonchev–Trinajstić information content (AvgIpc) is 2.98. The minimum Gasteiger partial charge on any atom is -0.459 e. The van der Waals surface area contributed by atoms with Crippen LogP contribution < -0.4 is 0 Å². The molecule has 0 aromatic heterocycles. The van der Waals surface area contributed by atoms with E-state index in [2.05, 4.69) is 0 Å². The summed E-state index contributed by atoms with van der Waals surface area (Å²) in [6, 6.07) is 25.1. The molecule has 38 heavy (non-hydrogen) atoms. The normalized spacial score (nSPS) is 22.7. The van der Waals surface area contributed by atoms with Gasteiger partial charge in [-0.2, -0.15) is 0 Å². The number of esters is 3. The number of methoxy groups -OCH3 is 2. The molecule has 0 spiro atoms. The van der Waals surface area contributed by atoms with E-state index >= 15 is 0 Å². The van der Waals surface area contributed by atoms with Crippen LogP contribution in [0, 0.1) is 0 Å². The monoisotopic (exact) mass is 520 g/mol. The van der Waals surface area contributed by atoms with Crippen molar-refractivity contribution in [3.63, 3.8) is 0 Å². The lowest BCUT2D eigenvalue weighted by Gasteiger charge is -2.44. The predicted octanol–water partition coefficient (Wildman–Crippen LogP) is 3.68. The molecule has 1 heterocycles. The number of carbonyl (C=O) groups excluding carboxylic acids is 3. The quantitative estimate of drug-likeness (QED) is 0.308. The summed E-state index contributed by atoms with van der Waals surface area (Å²) in [5, 5.41) is 0. The van der Waals surface area contributed by atoms with Crippen LogP contribution in [0.1, 0.15) is 31.1 Å². The maximum atomic E-state index is 13.1. The van der Waals surface area contributed by atoms with Gasteiger partial charge in [-0.05, 0) is 36.4 Å². The largest absolute Gasteiger partial charge is 0.459 e. The van der Waals surface area contributed by atoms with Crippen molar-refractivity contribution in [3.8, 4) is 0 Å². The zero-order valence-corrected chi connectivity index (χ0v) is 20.9. The maximum Gasteiger partial charge on any atom is 0.338 e. The first kappa shape index (κ1) is 27.0. The lowest BCUT2D eigenvalue weighted by Crippen LogP contribution is -2.62. The third-order valence-electron chi connectivity index (χ3n) is 5.99. The average molecular weight is 521 g/mol. The fraction of sp³-hybridized carbons (Fsp3) is 0.276. The number of carbonyl (C=O) groups is 3. The molecule has 1 aliphatic rings. The third kappa shape index (κ3) is 6.44. The zero-order chi connectivity index (χ0) is 26.9. The van der Waals surface area contributed by atoms with Gasteiger partial charge in [-0.25, -0.2) is 14.4 Å². The number of hydrogen-bond donors (Lipinski definition) is 0. The second kappa shape index (κ2) is 13.0. The molecule has 0 N–H and O–H groups in total. The lowest BCUT2D eigenvalue weighted by molar-refractivity contribution is -0.297. The Balaban J connectivity index is 1.63. The van der Waals surface area contributed by atoms with Gasteiger partial charge in [0.25, 0.3) is 0 Å². The van der Waals surface area contributed by atoms with E-state index < -0.39 is 48.6 Å². The predicted molar refractivity (Wildman–Crippen MR) is 134 cm³/mol. The van der Waals surface area contributed by atoms with E-state index in [1.807, 2.05) is 0 Å². The van der Waals surface area contributed by atoms with Crippen molar-refractivity contribution >= 4 is 17.9 Å². The van der Waals surface area contributed by atoms with Gasteiger partial charge in [0.2, 0.25) is 0 Å². The molecule has 0 amide bonds. The van der Waals surface area contributed by atoms with Crippen LogP contribution in [0.15, 0.2) is 91.0 Å². The van der Waals surface area contributed by atoms with Crippen LogP contribution >= 0.6 is 0 Å². The van der Waals surface area contributed by atoms with Gasteiger partial charge in [0.05, 0.1) is 16.7 Å². The minimum atomic E-state index is -1.20. The highest BCUT2D eigenvalue weighted by Gasteiger charge is 2.51. The summed E-state index contributed by atoms with van der Waals surface area (Å²) in [5.41, 5.74) is 0.915. The molecule has 3 aromatic carbocycles. The standard InChI is InChI=1S/C29H28O9/c1-33-25-24(38-28(32)21-16-10-5-11-17-21)23(37-27(31)20-14-8-4-9-15-20)22(36-29(25)34-2)18-35-26(30)19-12-6-3-7-13-19/h3-17,22-25,29H,18H2,1-2H3/t22-,23-,24+,25-,29+/m1/s1. The number of ether oxygens (including phenoxy) is 6. The molecular weight excluding hydrogens is 492 g/mol. The first-order valence-corrected chi connectivity index (χ1v) is 12.0. The molecule has 1 saturated heterocycles. The Hall–Kier alpha value is -4.05. The van der Waals surface area contributed by atoms with Gasteiger partial charge in [0.1, 0.15) is 18.8 Å². The topological polar surface area (TPSA) is 107 Å². The van der Waals surface area contributed by atoms with Crippen molar-refractivity contribution in [2.24, 2.45) is 0 Å². The van der Waals surface area contributed by atoms with E-state index in [1.54, 1.807) is 91.0 Å². The molecule has 0 saturated carbocycles. The van der Waals surface area contributed by atoms with Gasteiger partial charge in [0, 0.05) is 14.2 Å². The first-order chi connectivity index (χ1) is 18.5. The van der Waals surface area contributed by atoms with Crippen LogP contribution in [0.25, 0.3) is 0 Å². The maximum absolute atomic E-state index is 13.1. The lowest BCUT2D eigenvalue weighted by atomic mass is 9.98. The fourth-order valence-electron chi connectivity index (χ4n) is 4.07. The van der Waals surface area contributed by atoms with Crippen molar-refractivity contribution in [1.29, 1.82) is 0 Å². The summed E-state index contributed by atoms with van der Waals surface area (Å²) in [7, 11) is 2.80. The van der Waals surface area contributed by atoms with Gasteiger partial charge in [-0.1, -0.05) is 54.6 Å². The summed E-state index contributed by atoms with van der Waals surface area (Å²) >= 11 is 0. The zero-order valence-electron chi connectivity index (χ0n) is 20.9. The highest BCUT2D eigenvalue weighted by Crippen LogP contribution is 2.30. The molecule has 0 aliphatic carbocycles. The number of hydrogen-bond acceptors (Lipinski definition) is 9. The molecule has 0 bridgehead atoms. The Bertz CT molecular complexity index is 1200. The van der Waals surface area contributed by atoms with Gasteiger partial charge in [-0.3, -0.25) is 0 Å². The van der Waals surface area contributed by atoms with E-state index in [4.69, 9.17) is 28.4 Å². The molecule has 1 aliphatic heterocycles. The summed E-state index contributed by atoms with van der Waals surface area (Å²) in [4.78, 5) is 38.7. The van der Waals surface area contributed by atoms with E-state index in [9.17, 15) is 14.4 Å². The molecule has 198 valence electrons. The van der Waals surface area contributed by atoms with Crippen molar-refractivity contribution in [2.45, 2.75) is 30.7 Å². The van der Waals surface area contributed by atoms with E-state index in [0.717, 1.165) is 0 Å². The van der Waals surface area contributed by atoms with Crippen LogP contribution in [-0.2, 0) is 28.4 Å². The minimum absolute atomic E-state index is 0.281. The molecule has 0 unspecified atom stereocenters. The van der Waals surface area contributed by atoms with Crippen molar-refractivity contribution in [3.05, 3.63) is 108 Å². The Morgan fingerprint density at radius 1 is 0.605 bits per heavy atom. The summed E-state index contributed by atoms with van der Waals surface area (Å²) in [5.74, 6) is -1.93. The molecule has 1 fully saturated rings. The number of rotatable bonds is 9. The van der Waals surface area contributed by atoms with Gasteiger partial charge in [-0.15, -0.1) is 0 Å². The SMILES string of the molecule is CO[C@H]1O[C@H](COC(=O)c2ccccc2)[C@@H](OC(=O)c2ccccc2)[C@H](OC(=O)c2ccccc2)[C@H]1OC. The molecule has 4 rings (SSSR count). The molecule has 5 atom stereocenters. The summed E-state index contributed by atoms with van der Waals surface area (Å²) in [6.07, 6.45) is -5.36. The Morgan fingerprint density at radius 3 is 1.50 bits per heavy atom. The second-order valence-electron chi connectivity index (χ2n) is 8.42. The highest BCUT2D eigenvalue weighted by atomic mass is 16.7. The van der Waals surface area contributed by atoms with Crippen LogP contribution in [-0.4, -0.2) is 69.4 Å². The van der Waals surface area contributed by atoms with Gasteiger partial charge < -0.3 is 28.4 Å². The van der Waals surface area contributed by atoms with Crippen molar-refractivity contribution in [1.82, 2.24) is 0 Å². The molecule has 9 heteroatoms. The van der Waals surface area contributed by atoms with Crippen molar-refractivity contribution < 1.29 is 42.8 Å². The van der Waals surface area contributed by atoms with E-state index in [1.165, 1.54) is 14.2 Å². The smallest absolute Gasteiger partial charge is 0.338 e. The van der Waals surface area contributed by atoms with Gasteiger partial charge >= 0.3 is 17.9 Å². The third-order valence-corrected chi connectivity index (χ3v) is 5.99. The molecule has 9 nitrogen and oxygen atoms in total. The molecule has 3 aromatic rings. The Kier molecular flexibility index (Phi) is 9.21. The number of benzene rings is 3. The Morgan fingerprint density at radius 2 is 1.05 bits per heavy atom. The molecule has 0 radical (unpaired) electrons. The summed E-state index contributed by atoms with van der Waals surface area (Å²) < 4.78 is 34.2.